The Morgan fingerprint density at radius 3 is 2.47 bits per heavy atom. The van der Waals surface area contributed by atoms with Gasteiger partial charge < -0.3 is 10.6 Å². The highest BCUT2D eigenvalue weighted by Crippen LogP contribution is 2.32. The normalized spacial score (nSPS) is 23.1. The quantitative estimate of drug-likeness (QED) is 0.780. The number of rotatable bonds is 5. The van der Waals surface area contributed by atoms with E-state index in [0.29, 0.717) is 38.5 Å². The van der Waals surface area contributed by atoms with Gasteiger partial charge in [-0.1, -0.05) is 0 Å². The monoisotopic (exact) mass is 279 g/mol. The fourth-order valence-electron chi connectivity index (χ4n) is 2.31. The maximum Gasteiger partial charge on any atom is 0.405 e. The molecule has 2 fully saturated rings. The average molecular weight is 279 g/mol. The van der Waals surface area contributed by atoms with Crippen LogP contribution in [-0.2, 0) is 4.79 Å². The summed E-state index contributed by atoms with van der Waals surface area (Å²) in [5, 5.41) is 5.46. The fraction of sp³-hybridized carbons (Fsp3) is 0.917. The molecule has 1 atom stereocenters. The van der Waals surface area contributed by atoms with E-state index < -0.39 is 12.2 Å². The predicted molar refractivity (Wildman–Crippen MR) is 64.6 cm³/mol. The molecule has 1 heterocycles. The number of piperazine rings is 1. The third-order valence-corrected chi connectivity index (χ3v) is 3.63. The van der Waals surface area contributed by atoms with Gasteiger partial charge in [0.15, 0.2) is 0 Å². The van der Waals surface area contributed by atoms with E-state index in [4.69, 9.17) is 0 Å². The molecule has 0 radical (unpaired) electrons. The molecule has 7 heteroatoms. The van der Waals surface area contributed by atoms with Crippen LogP contribution in [-0.4, -0.2) is 55.7 Å². The fourth-order valence-corrected chi connectivity index (χ4v) is 2.31. The van der Waals surface area contributed by atoms with Crippen molar-refractivity contribution in [2.24, 2.45) is 5.92 Å². The second-order valence-electron chi connectivity index (χ2n) is 5.29. The number of hydrogen-bond donors (Lipinski definition) is 2. The van der Waals surface area contributed by atoms with E-state index in [0.717, 1.165) is 12.8 Å². The zero-order chi connectivity index (χ0) is 13.9. The zero-order valence-electron chi connectivity index (χ0n) is 10.8. The van der Waals surface area contributed by atoms with Gasteiger partial charge in [0.25, 0.3) is 0 Å². The second-order valence-corrected chi connectivity index (χ2v) is 5.29. The van der Waals surface area contributed by atoms with Gasteiger partial charge in [-0.3, -0.25) is 9.69 Å². The summed E-state index contributed by atoms with van der Waals surface area (Å²) in [7, 11) is 0. The first kappa shape index (κ1) is 14.6. The first-order valence-corrected chi connectivity index (χ1v) is 6.75. The highest BCUT2D eigenvalue weighted by atomic mass is 19.4. The molecule has 0 aromatic rings. The molecular formula is C12H20F3N3O. The van der Waals surface area contributed by atoms with Gasteiger partial charge >= 0.3 is 6.18 Å². The van der Waals surface area contributed by atoms with Crippen molar-refractivity contribution < 1.29 is 18.0 Å². The van der Waals surface area contributed by atoms with Gasteiger partial charge in [-0.15, -0.1) is 0 Å². The number of nitrogens with zero attached hydrogens (tertiary/aromatic N) is 1. The first-order valence-electron chi connectivity index (χ1n) is 6.75. The van der Waals surface area contributed by atoms with Crippen molar-refractivity contribution in [3.8, 4) is 0 Å². The van der Waals surface area contributed by atoms with Crippen molar-refractivity contribution in [1.82, 2.24) is 15.5 Å². The number of alkyl halides is 3. The van der Waals surface area contributed by atoms with Crippen LogP contribution in [0.15, 0.2) is 0 Å². The number of carbonyl (C=O) groups excluding carboxylic acids is 1. The number of carbonyl (C=O) groups is 1. The van der Waals surface area contributed by atoms with Crippen LogP contribution in [0.1, 0.15) is 19.3 Å². The minimum atomic E-state index is -4.30. The van der Waals surface area contributed by atoms with Gasteiger partial charge in [0, 0.05) is 39.1 Å². The Morgan fingerprint density at radius 2 is 1.95 bits per heavy atom. The number of halogens is 3. The summed E-state index contributed by atoms with van der Waals surface area (Å²) in [5.41, 5.74) is 0. The molecule has 19 heavy (non-hydrogen) atoms. The van der Waals surface area contributed by atoms with E-state index >= 15 is 0 Å². The van der Waals surface area contributed by atoms with E-state index in [1.165, 1.54) is 4.90 Å². The van der Waals surface area contributed by atoms with E-state index in [-0.39, 0.29) is 12.5 Å². The Morgan fingerprint density at radius 1 is 1.32 bits per heavy atom. The molecule has 0 aromatic heterocycles. The van der Waals surface area contributed by atoms with Gasteiger partial charge in [0.1, 0.15) is 6.04 Å². The number of amides is 1. The van der Waals surface area contributed by atoms with Crippen molar-refractivity contribution in [1.29, 1.82) is 0 Å². The minimum Gasteiger partial charge on any atom is -0.354 e. The van der Waals surface area contributed by atoms with Gasteiger partial charge in [0.05, 0.1) is 0 Å². The van der Waals surface area contributed by atoms with Crippen LogP contribution >= 0.6 is 0 Å². The lowest BCUT2D eigenvalue weighted by Crippen LogP contribution is -2.57. The molecule has 1 aliphatic carbocycles. The summed E-state index contributed by atoms with van der Waals surface area (Å²) >= 11 is 0. The van der Waals surface area contributed by atoms with Gasteiger partial charge in [-0.25, -0.2) is 0 Å². The summed E-state index contributed by atoms with van der Waals surface area (Å²) in [6.07, 6.45) is -1.89. The Hall–Kier alpha value is -0.820. The van der Waals surface area contributed by atoms with Crippen LogP contribution in [0.3, 0.4) is 0 Å². The maximum absolute atomic E-state index is 13.0. The highest BCUT2D eigenvalue weighted by molar-refractivity contribution is 5.76. The smallest absolute Gasteiger partial charge is 0.354 e. The summed E-state index contributed by atoms with van der Waals surface area (Å²) in [4.78, 5) is 12.9. The van der Waals surface area contributed by atoms with Crippen LogP contribution in [0.5, 0.6) is 0 Å². The lowest BCUT2D eigenvalue weighted by molar-refractivity contribution is -0.184. The third kappa shape index (κ3) is 4.65. The molecule has 2 N–H and O–H groups in total. The lowest BCUT2D eigenvalue weighted by atomic mass is 10.2. The molecule has 0 spiro atoms. The average Bonchev–Trinajstić information content (AvgIpc) is 3.13. The van der Waals surface area contributed by atoms with Crippen molar-refractivity contribution >= 4 is 5.91 Å². The highest BCUT2D eigenvalue weighted by Gasteiger charge is 2.43. The van der Waals surface area contributed by atoms with Crippen molar-refractivity contribution in [3.05, 3.63) is 0 Å². The van der Waals surface area contributed by atoms with Crippen molar-refractivity contribution in [3.63, 3.8) is 0 Å². The predicted octanol–water partition coefficient (Wildman–Crippen LogP) is 0.739. The van der Waals surface area contributed by atoms with Crippen molar-refractivity contribution in [2.75, 3.05) is 32.7 Å². The molecule has 2 aliphatic rings. The topological polar surface area (TPSA) is 44.4 Å². The summed E-state index contributed by atoms with van der Waals surface area (Å²) in [6.45, 7) is 1.51. The number of nitrogens with one attached hydrogen (secondary N) is 2. The summed E-state index contributed by atoms with van der Waals surface area (Å²) in [5.74, 6) is 0.135. The van der Waals surface area contributed by atoms with Crippen LogP contribution in [0.4, 0.5) is 13.2 Å². The molecule has 4 nitrogen and oxygen atoms in total. The molecule has 1 saturated carbocycles. The zero-order valence-corrected chi connectivity index (χ0v) is 10.8. The molecule has 2 rings (SSSR count). The van der Waals surface area contributed by atoms with Crippen LogP contribution in [0, 0.1) is 5.92 Å². The Bertz CT molecular complexity index is 312. The van der Waals surface area contributed by atoms with Crippen LogP contribution < -0.4 is 10.6 Å². The second kappa shape index (κ2) is 6.09. The van der Waals surface area contributed by atoms with Crippen molar-refractivity contribution in [2.45, 2.75) is 31.5 Å². The first-order chi connectivity index (χ1) is 8.97. The molecule has 1 amide bonds. The molecule has 1 aliphatic heterocycles. The SMILES string of the molecule is O=C(CC1CC1)NCC(N1CCNCC1)C(F)(F)F. The minimum absolute atomic E-state index is 0.258. The molecule has 0 bridgehead atoms. The summed E-state index contributed by atoms with van der Waals surface area (Å²) in [6, 6.07) is -1.57. The van der Waals surface area contributed by atoms with Crippen LogP contribution in [0.2, 0.25) is 0 Å². The van der Waals surface area contributed by atoms with Crippen LogP contribution in [0.25, 0.3) is 0 Å². The molecule has 1 unspecified atom stereocenters. The van der Waals surface area contributed by atoms with Gasteiger partial charge in [0.2, 0.25) is 5.91 Å². The molecular weight excluding hydrogens is 259 g/mol. The third-order valence-electron chi connectivity index (χ3n) is 3.63. The van der Waals surface area contributed by atoms with E-state index in [1.807, 2.05) is 0 Å². The maximum atomic E-state index is 13.0. The number of hydrogen-bond acceptors (Lipinski definition) is 3. The molecule has 110 valence electrons. The standard InChI is InChI=1S/C12H20F3N3O/c13-12(14,15)10(18-5-3-16-4-6-18)8-17-11(19)7-9-1-2-9/h9-10,16H,1-8H2,(H,17,19). The van der Waals surface area contributed by atoms with E-state index in [2.05, 4.69) is 10.6 Å². The largest absolute Gasteiger partial charge is 0.405 e. The van der Waals surface area contributed by atoms with E-state index in [1.54, 1.807) is 0 Å². The lowest BCUT2D eigenvalue weighted by Gasteiger charge is -2.35. The Balaban J connectivity index is 1.83. The Kier molecular flexibility index (Phi) is 4.67. The Labute approximate surface area is 110 Å². The van der Waals surface area contributed by atoms with Gasteiger partial charge in [-0.05, 0) is 18.8 Å². The van der Waals surface area contributed by atoms with E-state index in [9.17, 15) is 18.0 Å². The molecule has 1 saturated heterocycles. The van der Waals surface area contributed by atoms with Gasteiger partial charge in [-0.2, -0.15) is 13.2 Å². The summed E-state index contributed by atoms with van der Waals surface area (Å²) < 4.78 is 39.0. The molecule has 0 aromatic carbocycles.